The van der Waals surface area contributed by atoms with Crippen LogP contribution in [0.15, 0.2) is 36.5 Å². The van der Waals surface area contributed by atoms with E-state index in [1.54, 1.807) is 12.3 Å². The van der Waals surface area contributed by atoms with Gasteiger partial charge in [0.2, 0.25) is 0 Å². The van der Waals surface area contributed by atoms with Crippen molar-refractivity contribution in [3.05, 3.63) is 47.1 Å². The Balaban J connectivity index is 2.44. The molecule has 1 heterocycles. The van der Waals surface area contributed by atoms with Crippen LogP contribution < -0.4 is 5.73 Å². The molecule has 2 aromatic rings. The summed E-state index contributed by atoms with van der Waals surface area (Å²) in [6.07, 6.45) is 2.08. The monoisotopic (exact) mass is 288 g/mol. The summed E-state index contributed by atoms with van der Waals surface area (Å²) in [4.78, 5) is 15.8. The molecule has 0 radical (unpaired) electrons. The molecule has 0 bridgehead atoms. The molecule has 0 fully saturated rings. The van der Waals surface area contributed by atoms with Crippen molar-refractivity contribution >= 4 is 23.2 Å². The number of nitrogen functional groups attached to an aromatic ring is 1. The van der Waals surface area contributed by atoms with E-state index in [1.807, 2.05) is 38.1 Å². The fraction of sp³-hybridized carbons (Fsp3) is 0.250. The third-order valence-electron chi connectivity index (χ3n) is 3.41. The Bertz CT molecular complexity index is 640. The fourth-order valence-corrected chi connectivity index (χ4v) is 2.36. The first-order chi connectivity index (χ1) is 9.52. The lowest BCUT2D eigenvalue weighted by atomic mass is 9.92. The molecule has 0 aliphatic rings. The molecule has 1 aromatic heterocycles. The second-order valence-electron chi connectivity index (χ2n) is 4.76. The first-order valence-corrected chi connectivity index (χ1v) is 6.94. The molecule has 0 aliphatic heterocycles. The van der Waals surface area contributed by atoms with Gasteiger partial charge in [-0.2, -0.15) is 0 Å². The van der Waals surface area contributed by atoms with Crippen LogP contribution in [0.5, 0.6) is 0 Å². The van der Waals surface area contributed by atoms with Gasteiger partial charge in [0.15, 0.2) is 0 Å². The Kier molecular flexibility index (Phi) is 4.40. The van der Waals surface area contributed by atoms with Gasteiger partial charge in [0.25, 0.3) is 0 Å². The van der Waals surface area contributed by atoms with Crippen LogP contribution >= 0.6 is 11.6 Å². The van der Waals surface area contributed by atoms with Gasteiger partial charge in [0.05, 0.1) is 5.02 Å². The van der Waals surface area contributed by atoms with Crippen LogP contribution in [0, 0.1) is 0 Å². The number of carbonyl (C=O) groups is 1. The molecule has 4 heteroatoms. The summed E-state index contributed by atoms with van der Waals surface area (Å²) < 4.78 is 0. The summed E-state index contributed by atoms with van der Waals surface area (Å²) in [5.74, 6) is 0.535. The first kappa shape index (κ1) is 14.5. The lowest BCUT2D eigenvalue weighted by Gasteiger charge is -2.12. The van der Waals surface area contributed by atoms with Crippen LogP contribution in [0.1, 0.15) is 31.7 Å². The van der Waals surface area contributed by atoms with Gasteiger partial charge < -0.3 is 5.73 Å². The molecule has 104 valence electrons. The van der Waals surface area contributed by atoms with Crippen molar-refractivity contribution in [1.82, 2.24) is 4.98 Å². The quantitative estimate of drug-likeness (QED) is 0.923. The lowest BCUT2D eigenvalue weighted by molar-refractivity contribution is -0.119. The van der Waals surface area contributed by atoms with Crippen molar-refractivity contribution in [2.24, 2.45) is 0 Å². The van der Waals surface area contributed by atoms with Gasteiger partial charge in [0, 0.05) is 24.1 Å². The zero-order chi connectivity index (χ0) is 14.7. The predicted molar refractivity (Wildman–Crippen MR) is 82.8 cm³/mol. The third-order valence-corrected chi connectivity index (χ3v) is 3.71. The minimum absolute atomic E-state index is 0.113. The molecule has 1 unspecified atom stereocenters. The number of halogens is 1. The van der Waals surface area contributed by atoms with E-state index in [0.717, 1.165) is 16.7 Å². The Morgan fingerprint density at radius 2 is 2.15 bits per heavy atom. The van der Waals surface area contributed by atoms with Gasteiger partial charge in [-0.15, -0.1) is 0 Å². The summed E-state index contributed by atoms with van der Waals surface area (Å²) in [6, 6.07) is 9.57. The van der Waals surface area contributed by atoms with E-state index in [9.17, 15) is 4.79 Å². The number of carbonyl (C=O) groups excluding carboxylic acids is 1. The molecule has 0 saturated heterocycles. The molecule has 3 nitrogen and oxygen atoms in total. The Morgan fingerprint density at radius 3 is 2.85 bits per heavy atom. The largest absolute Gasteiger partial charge is 0.384 e. The Morgan fingerprint density at radius 1 is 1.40 bits per heavy atom. The number of nitrogens with zero attached hydrogens (tertiary/aromatic N) is 1. The molecule has 20 heavy (non-hydrogen) atoms. The van der Waals surface area contributed by atoms with Gasteiger partial charge in [0.1, 0.15) is 11.6 Å². The predicted octanol–water partition coefficient (Wildman–Crippen LogP) is 4.07. The number of Topliss-reactive ketones (excluding diaryl/α,β-unsaturated/α-hetero) is 1. The Labute approximate surface area is 123 Å². The summed E-state index contributed by atoms with van der Waals surface area (Å²) in [5.41, 5.74) is 8.47. The van der Waals surface area contributed by atoms with Gasteiger partial charge in [-0.3, -0.25) is 4.79 Å². The average Bonchev–Trinajstić information content (AvgIpc) is 2.48. The van der Waals surface area contributed by atoms with Crippen molar-refractivity contribution in [3.8, 4) is 11.1 Å². The zero-order valence-corrected chi connectivity index (χ0v) is 12.3. The van der Waals surface area contributed by atoms with Crippen molar-refractivity contribution in [2.75, 3.05) is 5.73 Å². The first-order valence-electron chi connectivity index (χ1n) is 6.57. The highest BCUT2D eigenvalue weighted by Gasteiger charge is 2.14. The number of hydrogen-bond acceptors (Lipinski definition) is 3. The number of rotatable bonds is 4. The van der Waals surface area contributed by atoms with Crippen LogP contribution in [0.3, 0.4) is 0 Å². The van der Waals surface area contributed by atoms with Crippen LogP contribution in [0.25, 0.3) is 11.1 Å². The van der Waals surface area contributed by atoms with Crippen molar-refractivity contribution < 1.29 is 4.79 Å². The average molecular weight is 289 g/mol. The van der Waals surface area contributed by atoms with E-state index in [2.05, 4.69) is 4.98 Å². The number of anilines is 1. The smallest absolute Gasteiger partial charge is 0.139 e. The van der Waals surface area contributed by atoms with Crippen LogP contribution in [-0.4, -0.2) is 10.8 Å². The summed E-state index contributed by atoms with van der Waals surface area (Å²) in [6.45, 7) is 3.80. The molecular weight excluding hydrogens is 272 g/mol. The maximum absolute atomic E-state index is 11.8. The van der Waals surface area contributed by atoms with E-state index >= 15 is 0 Å². The molecule has 1 aromatic carbocycles. The van der Waals surface area contributed by atoms with Gasteiger partial charge in [-0.05, 0) is 17.2 Å². The molecule has 0 aliphatic carbocycles. The minimum atomic E-state index is -0.113. The van der Waals surface area contributed by atoms with Gasteiger partial charge in [-0.25, -0.2) is 4.98 Å². The molecule has 1 atom stereocenters. The number of hydrogen-bond donors (Lipinski definition) is 1. The molecule has 2 N–H and O–H groups in total. The summed E-state index contributed by atoms with van der Waals surface area (Å²) in [5, 5.41) is 0.547. The number of pyridine rings is 1. The number of nitrogens with two attached hydrogens (primary N) is 1. The normalized spacial score (nSPS) is 12.2. The zero-order valence-electron chi connectivity index (χ0n) is 11.6. The van der Waals surface area contributed by atoms with Crippen molar-refractivity contribution in [2.45, 2.75) is 26.2 Å². The molecule has 0 saturated carbocycles. The van der Waals surface area contributed by atoms with E-state index in [1.165, 1.54) is 0 Å². The molecule has 0 spiro atoms. The highest BCUT2D eigenvalue weighted by atomic mass is 35.5. The Hall–Kier alpha value is -1.87. The van der Waals surface area contributed by atoms with Crippen LogP contribution in [0.2, 0.25) is 5.02 Å². The number of aromatic nitrogens is 1. The van der Waals surface area contributed by atoms with E-state index in [4.69, 9.17) is 17.3 Å². The summed E-state index contributed by atoms with van der Waals surface area (Å²) >= 11 is 6.17. The topological polar surface area (TPSA) is 56.0 Å². The van der Waals surface area contributed by atoms with E-state index in [0.29, 0.717) is 17.3 Å². The second kappa shape index (κ2) is 6.06. The lowest BCUT2D eigenvalue weighted by Crippen LogP contribution is -2.07. The van der Waals surface area contributed by atoms with Gasteiger partial charge >= 0.3 is 0 Å². The number of ketones is 1. The maximum Gasteiger partial charge on any atom is 0.139 e. The second-order valence-corrected chi connectivity index (χ2v) is 5.16. The standard InChI is InChI=1S/C16H17ClN2O/c1-3-15(20)10(2)11-5-4-6-12(7-11)13-8-16(18)19-9-14(13)17/h4-10H,3H2,1-2H3,(H2,18,19). The van der Waals surface area contributed by atoms with Crippen molar-refractivity contribution in [1.29, 1.82) is 0 Å². The molecular formula is C16H17ClN2O. The highest BCUT2D eigenvalue weighted by Crippen LogP contribution is 2.30. The van der Waals surface area contributed by atoms with Crippen LogP contribution in [0.4, 0.5) is 5.82 Å². The maximum atomic E-state index is 11.8. The van der Waals surface area contributed by atoms with E-state index < -0.39 is 0 Å². The van der Waals surface area contributed by atoms with Gasteiger partial charge in [-0.1, -0.05) is 49.7 Å². The molecule has 0 amide bonds. The number of benzene rings is 1. The third kappa shape index (κ3) is 2.99. The van der Waals surface area contributed by atoms with Crippen molar-refractivity contribution in [3.63, 3.8) is 0 Å². The molecule has 2 rings (SSSR count). The minimum Gasteiger partial charge on any atom is -0.384 e. The SMILES string of the molecule is CCC(=O)C(C)c1cccc(-c2cc(N)ncc2Cl)c1. The van der Waals surface area contributed by atoms with Crippen LogP contribution in [-0.2, 0) is 4.79 Å². The highest BCUT2D eigenvalue weighted by molar-refractivity contribution is 6.33. The fourth-order valence-electron chi connectivity index (χ4n) is 2.14. The summed E-state index contributed by atoms with van der Waals surface area (Å²) in [7, 11) is 0. The van der Waals surface area contributed by atoms with E-state index in [-0.39, 0.29) is 11.7 Å².